The largest absolute Gasteiger partial charge is 0.403 e. The van der Waals surface area contributed by atoms with Gasteiger partial charge in [-0.25, -0.2) is 9.59 Å². The van der Waals surface area contributed by atoms with Crippen LogP contribution in [0.4, 0.5) is 0 Å². The van der Waals surface area contributed by atoms with E-state index in [4.69, 9.17) is 18.9 Å². The van der Waals surface area contributed by atoms with Crippen molar-refractivity contribution in [1.29, 1.82) is 0 Å². The van der Waals surface area contributed by atoms with Gasteiger partial charge in [-0.3, -0.25) is 9.36 Å². The molecule has 5 rings (SSSR count). The van der Waals surface area contributed by atoms with Gasteiger partial charge in [0.15, 0.2) is 6.23 Å². The zero-order valence-corrected chi connectivity index (χ0v) is 19.8. The van der Waals surface area contributed by atoms with Crippen LogP contribution in [0.5, 0.6) is 5.88 Å². The highest BCUT2D eigenvalue weighted by atomic mass is 32.2. The van der Waals surface area contributed by atoms with Crippen molar-refractivity contribution in [2.45, 2.75) is 31.1 Å². The Labute approximate surface area is 205 Å². The molecule has 0 N–H and O–H groups in total. The second-order valence-corrected chi connectivity index (χ2v) is 9.12. The minimum absolute atomic E-state index is 0.0767. The third-order valence-corrected chi connectivity index (χ3v) is 6.89. The first-order valence-electron chi connectivity index (χ1n) is 10.9. The minimum Gasteiger partial charge on any atom is -0.403 e. The van der Waals surface area contributed by atoms with Crippen LogP contribution in [0.25, 0.3) is 0 Å². The van der Waals surface area contributed by atoms with Crippen LogP contribution in [0, 0.1) is 6.92 Å². The van der Waals surface area contributed by atoms with Crippen LogP contribution in [0.15, 0.2) is 71.7 Å². The fraction of sp³-hybridized carbons (Fsp3) is 0.280. The number of methoxy groups -OCH3 is 1. The zero-order chi connectivity index (χ0) is 24.6. The standard InChI is InChI=1S/C25H22N2O7S/c1-15-13-27(24(30)26-20(15)32-22(28)16-9-5-3-6-10-16)21-18(31-2)19-25(33-19,34-21)14-35-23(29)17-11-7-4-8-12-17/h3-13,18-19,21H,14H2,1-2H3/t18?,19?,21-,25-/m1/s1. The van der Waals surface area contributed by atoms with E-state index in [1.807, 2.05) is 6.07 Å². The highest BCUT2D eigenvalue weighted by Gasteiger charge is 2.71. The molecule has 3 heterocycles. The summed E-state index contributed by atoms with van der Waals surface area (Å²) in [5.41, 5.74) is 0.735. The summed E-state index contributed by atoms with van der Waals surface area (Å²) in [7, 11) is 1.50. The minimum atomic E-state index is -1.04. The summed E-state index contributed by atoms with van der Waals surface area (Å²) in [5, 5.41) is -0.102. The zero-order valence-electron chi connectivity index (χ0n) is 19.0. The number of rotatable bonds is 7. The Bertz CT molecular complexity index is 1310. The predicted octanol–water partition coefficient (Wildman–Crippen LogP) is 2.98. The van der Waals surface area contributed by atoms with Crippen molar-refractivity contribution < 1.29 is 28.5 Å². The van der Waals surface area contributed by atoms with Gasteiger partial charge in [0.05, 0.1) is 11.3 Å². The Morgan fingerprint density at radius 2 is 1.71 bits per heavy atom. The first-order chi connectivity index (χ1) is 16.9. The van der Waals surface area contributed by atoms with E-state index in [0.717, 1.165) is 11.8 Å². The van der Waals surface area contributed by atoms with Gasteiger partial charge in [-0.2, -0.15) is 4.98 Å². The number of epoxide rings is 1. The number of aryl methyl sites for hydroxylation is 1. The number of benzene rings is 2. The van der Waals surface area contributed by atoms with Crippen molar-refractivity contribution >= 4 is 22.8 Å². The van der Waals surface area contributed by atoms with Crippen molar-refractivity contribution in [2.24, 2.45) is 0 Å². The van der Waals surface area contributed by atoms with Crippen LogP contribution in [0.3, 0.4) is 0 Å². The number of esters is 1. The van der Waals surface area contributed by atoms with Crippen LogP contribution in [-0.2, 0) is 14.2 Å². The van der Waals surface area contributed by atoms with Gasteiger partial charge in [0.1, 0.15) is 12.2 Å². The molecule has 9 nitrogen and oxygen atoms in total. The van der Waals surface area contributed by atoms with Gasteiger partial charge in [-0.15, -0.1) is 0 Å². The first kappa shape index (κ1) is 23.4. The van der Waals surface area contributed by atoms with Gasteiger partial charge < -0.3 is 18.9 Å². The summed E-state index contributed by atoms with van der Waals surface area (Å²) < 4.78 is 24.1. The lowest BCUT2D eigenvalue weighted by atomic mass is 10.2. The van der Waals surface area contributed by atoms with Crippen molar-refractivity contribution in [3.63, 3.8) is 0 Å². The van der Waals surface area contributed by atoms with Crippen molar-refractivity contribution in [1.82, 2.24) is 9.55 Å². The fourth-order valence-corrected chi connectivity index (χ4v) is 4.94. The highest BCUT2D eigenvalue weighted by Crippen LogP contribution is 2.54. The normalized spacial score (nSPS) is 24.6. The molecule has 2 fully saturated rings. The van der Waals surface area contributed by atoms with Gasteiger partial charge in [-0.05, 0) is 19.1 Å². The molecule has 0 spiro atoms. The van der Waals surface area contributed by atoms with E-state index in [0.29, 0.717) is 16.7 Å². The molecule has 2 unspecified atom stereocenters. The number of thioether (sulfide) groups is 1. The lowest BCUT2D eigenvalue weighted by Crippen LogP contribution is -2.36. The Morgan fingerprint density at radius 3 is 2.37 bits per heavy atom. The van der Waals surface area contributed by atoms with E-state index in [2.05, 4.69) is 4.98 Å². The number of hydrogen-bond acceptors (Lipinski definition) is 9. The van der Waals surface area contributed by atoms with Crippen LogP contribution in [0.2, 0.25) is 0 Å². The molecule has 0 amide bonds. The second-order valence-electron chi connectivity index (χ2n) is 8.18. The molecular formula is C25H22N2O7S. The molecule has 10 heteroatoms. The van der Waals surface area contributed by atoms with E-state index in [9.17, 15) is 14.4 Å². The molecule has 2 saturated heterocycles. The smallest absolute Gasteiger partial charge is 0.353 e. The maximum absolute atomic E-state index is 12.9. The number of carbonyl (C=O) groups is 2. The quantitative estimate of drug-likeness (QED) is 0.362. The third-order valence-electron chi connectivity index (χ3n) is 5.85. The maximum atomic E-state index is 12.9. The Morgan fingerprint density at radius 1 is 1.06 bits per heavy atom. The van der Waals surface area contributed by atoms with Crippen LogP contribution >= 0.6 is 11.8 Å². The summed E-state index contributed by atoms with van der Waals surface area (Å²) in [5.74, 6) is -1.48. The Kier molecular flexibility index (Phi) is 6.28. The van der Waals surface area contributed by atoms with Crippen molar-refractivity contribution in [2.75, 3.05) is 12.9 Å². The molecule has 4 atom stereocenters. The van der Waals surface area contributed by atoms with E-state index < -0.39 is 35.9 Å². The van der Waals surface area contributed by atoms with Crippen LogP contribution in [-0.4, -0.2) is 51.5 Å². The Hall–Kier alpha value is -3.31. The van der Waals surface area contributed by atoms with E-state index >= 15 is 0 Å². The second kappa shape index (κ2) is 9.38. The predicted molar refractivity (Wildman–Crippen MR) is 126 cm³/mol. The highest BCUT2D eigenvalue weighted by molar-refractivity contribution is 8.14. The molecule has 180 valence electrons. The van der Waals surface area contributed by atoms with Gasteiger partial charge >= 0.3 is 11.7 Å². The number of nitrogens with zero attached hydrogens (tertiary/aromatic N) is 2. The molecule has 3 aromatic rings. The number of ether oxygens (including phenoxy) is 4. The lowest BCUT2D eigenvalue weighted by Gasteiger charge is -2.23. The van der Waals surface area contributed by atoms with Crippen LogP contribution in [0.1, 0.15) is 32.5 Å². The molecule has 0 radical (unpaired) electrons. The molecule has 0 aliphatic carbocycles. The van der Waals surface area contributed by atoms with Crippen molar-refractivity contribution in [3.05, 3.63) is 94.0 Å². The SMILES string of the molecule is COC1C2O[C@]2(CSC(=O)c2ccccc2)O[C@H]1n1cc(C)c(OC(=O)c2ccccc2)nc1=O. The fourth-order valence-electron chi connectivity index (χ4n) is 4.00. The summed E-state index contributed by atoms with van der Waals surface area (Å²) in [4.78, 5) is 41.7. The third kappa shape index (κ3) is 4.53. The Balaban J connectivity index is 1.31. The average molecular weight is 495 g/mol. The maximum Gasteiger partial charge on any atom is 0.353 e. The molecular weight excluding hydrogens is 472 g/mol. The van der Waals surface area contributed by atoms with E-state index in [1.165, 1.54) is 17.9 Å². The van der Waals surface area contributed by atoms with E-state index in [-0.39, 0.29) is 16.7 Å². The number of aromatic nitrogens is 2. The molecule has 0 bridgehead atoms. The topological polar surface area (TPSA) is 109 Å². The van der Waals surface area contributed by atoms with Crippen molar-refractivity contribution in [3.8, 4) is 5.88 Å². The molecule has 1 aromatic heterocycles. The van der Waals surface area contributed by atoms with Gasteiger partial charge in [0, 0.05) is 24.4 Å². The summed E-state index contributed by atoms with van der Waals surface area (Å²) in [6.45, 7) is 1.68. The molecule has 35 heavy (non-hydrogen) atoms. The summed E-state index contributed by atoms with van der Waals surface area (Å²) >= 11 is 1.09. The van der Waals surface area contributed by atoms with Gasteiger partial charge in [-0.1, -0.05) is 60.3 Å². The van der Waals surface area contributed by atoms with E-state index in [1.54, 1.807) is 61.5 Å². The summed E-state index contributed by atoms with van der Waals surface area (Å²) in [6, 6.07) is 17.4. The van der Waals surface area contributed by atoms with Crippen LogP contribution < -0.4 is 10.4 Å². The average Bonchev–Trinajstić information content (AvgIpc) is 3.50. The summed E-state index contributed by atoms with van der Waals surface area (Å²) in [6.07, 6.45) is -0.320. The number of fused-ring (bicyclic) bond motifs is 1. The lowest BCUT2D eigenvalue weighted by molar-refractivity contribution is -0.150. The number of hydrogen-bond donors (Lipinski definition) is 0. The monoisotopic (exact) mass is 494 g/mol. The number of carbonyl (C=O) groups excluding carboxylic acids is 2. The molecule has 2 aliphatic heterocycles. The van der Waals surface area contributed by atoms with Gasteiger partial charge in [0.25, 0.3) is 0 Å². The molecule has 2 aliphatic rings. The van der Waals surface area contributed by atoms with Gasteiger partial charge in [0.2, 0.25) is 16.8 Å². The molecule has 2 aromatic carbocycles. The first-order valence-corrected chi connectivity index (χ1v) is 11.9. The molecule has 0 saturated carbocycles.